The summed E-state index contributed by atoms with van der Waals surface area (Å²) in [6.07, 6.45) is 0.480. The monoisotopic (exact) mass is 216 g/mol. The van der Waals surface area contributed by atoms with Crippen LogP contribution in [0.5, 0.6) is 0 Å². The van der Waals surface area contributed by atoms with Crippen LogP contribution in [0.3, 0.4) is 0 Å². The number of nitriles is 1. The highest BCUT2D eigenvalue weighted by Crippen LogP contribution is 2.16. The molecule has 4 nitrogen and oxygen atoms in total. The molecular formula is C11H9FN4. The molecule has 0 amide bonds. The van der Waals surface area contributed by atoms with Gasteiger partial charge in [-0.25, -0.2) is 4.39 Å². The van der Waals surface area contributed by atoms with Gasteiger partial charge < -0.3 is 5.73 Å². The molecule has 0 aliphatic carbocycles. The Morgan fingerprint density at radius 3 is 2.69 bits per heavy atom. The van der Waals surface area contributed by atoms with Gasteiger partial charge in [-0.05, 0) is 17.7 Å². The van der Waals surface area contributed by atoms with Gasteiger partial charge in [-0.3, -0.25) is 5.10 Å². The van der Waals surface area contributed by atoms with Crippen molar-refractivity contribution in [2.45, 2.75) is 6.42 Å². The van der Waals surface area contributed by atoms with Crippen molar-refractivity contribution in [1.29, 1.82) is 5.26 Å². The minimum Gasteiger partial charge on any atom is -0.381 e. The molecule has 1 aromatic heterocycles. The first-order valence-corrected chi connectivity index (χ1v) is 4.68. The van der Waals surface area contributed by atoms with Gasteiger partial charge >= 0.3 is 0 Å². The fraction of sp³-hybridized carbons (Fsp3) is 0.0909. The molecule has 0 radical (unpaired) electrons. The fourth-order valence-corrected chi connectivity index (χ4v) is 1.45. The summed E-state index contributed by atoms with van der Waals surface area (Å²) in [6, 6.07) is 8.06. The van der Waals surface area contributed by atoms with E-state index in [-0.39, 0.29) is 11.6 Å². The lowest BCUT2D eigenvalue weighted by molar-refractivity contribution is 0.627. The number of hydrogen-bond acceptors (Lipinski definition) is 3. The second kappa shape index (κ2) is 4.03. The van der Waals surface area contributed by atoms with E-state index in [1.807, 2.05) is 6.07 Å². The molecule has 1 heterocycles. The molecule has 0 atom stereocenters. The van der Waals surface area contributed by atoms with Crippen molar-refractivity contribution in [1.82, 2.24) is 10.2 Å². The van der Waals surface area contributed by atoms with Crippen molar-refractivity contribution in [3.8, 4) is 6.07 Å². The summed E-state index contributed by atoms with van der Waals surface area (Å²) in [7, 11) is 0. The zero-order chi connectivity index (χ0) is 11.5. The maximum absolute atomic E-state index is 12.7. The molecule has 16 heavy (non-hydrogen) atoms. The van der Waals surface area contributed by atoms with Crippen LogP contribution in [-0.2, 0) is 6.42 Å². The zero-order valence-corrected chi connectivity index (χ0v) is 8.37. The molecule has 1 aromatic carbocycles. The lowest BCUT2D eigenvalue weighted by Gasteiger charge is -1.99. The van der Waals surface area contributed by atoms with Gasteiger partial charge in [-0.15, -0.1) is 0 Å². The van der Waals surface area contributed by atoms with Gasteiger partial charge in [0.05, 0.1) is 5.69 Å². The lowest BCUT2D eigenvalue weighted by Crippen LogP contribution is -1.93. The molecule has 2 rings (SSSR count). The van der Waals surface area contributed by atoms with E-state index in [1.165, 1.54) is 12.1 Å². The van der Waals surface area contributed by atoms with Gasteiger partial charge in [0.15, 0.2) is 5.82 Å². The van der Waals surface area contributed by atoms with Gasteiger partial charge in [0, 0.05) is 6.42 Å². The summed E-state index contributed by atoms with van der Waals surface area (Å²) in [6.45, 7) is 0. The van der Waals surface area contributed by atoms with Gasteiger partial charge in [-0.1, -0.05) is 12.1 Å². The van der Waals surface area contributed by atoms with Crippen LogP contribution in [0.1, 0.15) is 16.8 Å². The van der Waals surface area contributed by atoms with E-state index < -0.39 is 0 Å². The Morgan fingerprint density at radius 2 is 2.06 bits per heavy atom. The minimum atomic E-state index is -0.284. The van der Waals surface area contributed by atoms with Crippen molar-refractivity contribution < 1.29 is 4.39 Å². The fourth-order valence-electron chi connectivity index (χ4n) is 1.45. The Balaban J connectivity index is 2.27. The molecule has 0 unspecified atom stereocenters. The molecule has 80 valence electrons. The van der Waals surface area contributed by atoms with Crippen molar-refractivity contribution >= 4 is 5.82 Å². The van der Waals surface area contributed by atoms with Gasteiger partial charge in [0.1, 0.15) is 17.4 Å². The van der Waals surface area contributed by atoms with Crippen LogP contribution in [0.25, 0.3) is 0 Å². The van der Waals surface area contributed by atoms with E-state index in [0.717, 1.165) is 5.56 Å². The molecule has 0 saturated heterocycles. The number of H-pyrrole nitrogens is 1. The maximum Gasteiger partial charge on any atom is 0.163 e. The molecule has 0 aliphatic rings. The highest BCUT2D eigenvalue weighted by atomic mass is 19.1. The number of nitrogen functional groups attached to an aromatic ring is 1. The van der Waals surface area contributed by atoms with Crippen molar-refractivity contribution in [2.24, 2.45) is 0 Å². The van der Waals surface area contributed by atoms with Crippen molar-refractivity contribution in [3.05, 3.63) is 46.9 Å². The van der Waals surface area contributed by atoms with E-state index in [2.05, 4.69) is 10.2 Å². The van der Waals surface area contributed by atoms with E-state index in [1.54, 1.807) is 12.1 Å². The molecule has 0 fully saturated rings. The molecule has 0 aliphatic heterocycles. The summed E-state index contributed by atoms with van der Waals surface area (Å²) in [5, 5.41) is 15.3. The van der Waals surface area contributed by atoms with Gasteiger partial charge in [0.2, 0.25) is 0 Å². The van der Waals surface area contributed by atoms with E-state index in [9.17, 15) is 4.39 Å². The van der Waals surface area contributed by atoms with Crippen molar-refractivity contribution in [2.75, 3.05) is 5.73 Å². The van der Waals surface area contributed by atoms with Crippen LogP contribution in [0.15, 0.2) is 24.3 Å². The predicted molar refractivity (Wildman–Crippen MR) is 56.9 cm³/mol. The average Bonchev–Trinajstić information content (AvgIpc) is 2.63. The Kier molecular flexibility index (Phi) is 2.56. The number of nitrogens with one attached hydrogen (secondary N) is 1. The Bertz CT molecular complexity index is 536. The standard InChI is InChI=1S/C11H9FN4/c12-8-3-1-7(2-4-8)5-10-9(6-13)11(14)16-15-10/h1-4H,5H2,(H3,14,15,16). The number of benzene rings is 1. The highest BCUT2D eigenvalue weighted by molar-refractivity contribution is 5.51. The number of rotatable bonds is 2. The van der Waals surface area contributed by atoms with Crippen LogP contribution < -0.4 is 5.73 Å². The third-order valence-corrected chi connectivity index (χ3v) is 2.28. The Hall–Kier alpha value is -2.35. The number of nitrogens with zero attached hydrogens (tertiary/aromatic N) is 2. The smallest absolute Gasteiger partial charge is 0.163 e. The Labute approximate surface area is 91.5 Å². The first-order chi connectivity index (χ1) is 7.70. The molecule has 0 spiro atoms. The molecule has 0 saturated carbocycles. The van der Waals surface area contributed by atoms with Crippen LogP contribution in [0.2, 0.25) is 0 Å². The lowest BCUT2D eigenvalue weighted by atomic mass is 10.1. The predicted octanol–water partition coefficient (Wildman–Crippen LogP) is 1.59. The normalized spacial score (nSPS) is 10.0. The van der Waals surface area contributed by atoms with E-state index >= 15 is 0 Å². The van der Waals surface area contributed by atoms with E-state index in [0.29, 0.717) is 17.7 Å². The average molecular weight is 216 g/mol. The number of anilines is 1. The van der Waals surface area contributed by atoms with Crippen LogP contribution >= 0.6 is 0 Å². The molecule has 0 bridgehead atoms. The van der Waals surface area contributed by atoms with Crippen LogP contribution in [0, 0.1) is 17.1 Å². The largest absolute Gasteiger partial charge is 0.381 e. The highest BCUT2D eigenvalue weighted by Gasteiger charge is 2.10. The summed E-state index contributed by atoms with van der Waals surface area (Å²) in [5.74, 6) is -0.0898. The number of nitrogens with two attached hydrogens (primary N) is 1. The van der Waals surface area contributed by atoms with Gasteiger partial charge in [0.25, 0.3) is 0 Å². The molecule has 3 N–H and O–H groups in total. The number of hydrogen-bond donors (Lipinski definition) is 2. The Morgan fingerprint density at radius 1 is 1.38 bits per heavy atom. The van der Waals surface area contributed by atoms with Gasteiger partial charge in [-0.2, -0.15) is 10.4 Å². The second-order valence-electron chi connectivity index (χ2n) is 3.38. The maximum atomic E-state index is 12.7. The molecule has 5 heteroatoms. The summed E-state index contributed by atoms with van der Waals surface area (Å²) < 4.78 is 12.7. The van der Waals surface area contributed by atoms with Crippen LogP contribution in [0.4, 0.5) is 10.2 Å². The SMILES string of the molecule is N#Cc1c(N)n[nH]c1Cc1ccc(F)cc1. The topological polar surface area (TPSA) is 78.5 Å². The zero-order valence-electron chi connectivity index (χ0n) is 8.37. The molecule has 2 aromatic rings. The number of aromatic amines is 1. The minimum absolute atomic E-state index is 0.194. The summed E-state index contributed by atoms with van der Waals surface area (Å²) in [5.41, 5.74) is 7.39. The summed E-state index contributed by atoms with van der Waals surface area (Å²) >= 11 is 0. The first-order valence-electron chi connectivity index (χ1n) is 4.68. The third-order valence-electron chi connectivity index (χ3n) is 2.28. The quantitative estimate of drug-likeness (QED) is 0.800. The first kappa shape index (κ1) is 10.2. The second-order valence-corrected chi connectivity index (χ2v) is 3.38. The third kappa shape index (κ3) is 1.86. The number of aromatic nitrogens is 2. The van der Waals surface area contributed by atoms with E-state index in [4.69, 9.17) is 11.0 Å². The van der Waals surface area contributed by atoms with Crippen LogP contribution in [-0.4, -0.2) is 10.2 Å². The molecular weight excluding hydrogens is 207 g/mol. The van der Waals surface area contributed by atoms with Crippen molar-refractivity contribution in [3.63, 3.8) is 0 Å². The summed E-state index contributed by atoms with van der Waals surface area (Å²) in [4.78, 5) is 0. The number of halogens is 1.